The predicted molar refractivity (Wildman–Crippen MR) is 75.3 cm³/mol. The third kappa shape index (κ3) is 2.58. The van der Waals surface area contributed by atoms with Crippen LogP contribution in [0.1, 0.15) is 31.9 Å². The summed E-state index contributed by atoms with van der Waals surface area (Å²) in [6.45, 7) is 8.97. The van der Waals surface area contributed by atoms with Gasteiger partial charge >= 0.3 is 0 Å². The number of aryl methyl sites for hydroxylation is 1. The van der Waals surface area contributed by atoms with E-state index < -0.39 is 0 Å². The van der Waals surface area contributed by atoms with Crippen LogP contribution in [0, 0.1) is 6.92 Å². The van der Waals surface area contributed by atoms with Gasteiger partial charge in [-0.15, -0.1) is 0 Å². The van der Waals surface area contributed by atoms with Crippen molar-refractivity contribution in [1.82, 2.24) is 0 Å². The largest absolute Gasteiger partial charge is 0.0622 e. The van der Waals surface area contributed by atoms with Crippen molar-refractivity contribution in [2.24, 2.45) is 0 Å². The first-order valence-corrected chi connectivity index (χ1v) is 6.15. The van der Waals surface area contributed by atoms with Crippen molar-refractivity contribution < 1.29 is 0 Å². The molecule has 0 amide bonds. The van der Waals surface area contributed by atoms with Gasteiger partial charge in [-0.05, 0) is 29.0 Å². The lowest BCUT2D eigenvalue weighted by molar-refractivity contribution is 0.591. The average Bonchev–Trinajstić information content (AvgIpc) is 2.29. The summed E-state index contributed by atoms with van der Waals surface area (Å²) in [6.07, 6.45) is 0. The molecule has 0 spiro atoms. The average molecular weight is 224 g/mol. The van der Waals surface area contributed by atoms with E-state index in [2.05, 4.69) is 76.2 Å². The maximum Gasteiger partial charge on any atom is -0.0126 e. The molecule has 0 unspecified atom stereocenters. The van der Waals surface area contributed by atoms with Crippen LogP contribution in [0.4, 0.5) is 0 Å². The molecule has 0 aliphatic heterocycles. The van der Waals surface area contributed by atoms with E-state index in [-0.39, 0.29) is 5.41 Å². The summed E-state index contributed by atoms with van der Waals surface area (Å²) in [5, 5.41) is 0. The highest BCUT2D eigenvalue weighted by Gasteiger charge is 2.18. The van der Waals surface area contributed by atoms with E-state index in [0.717, 1.165) is 0 Å². The molecule has 0 aliphatic rings. The molecule has 17 heavy (non-hydrogen) atoms. The highest BCUT2D eigenvalue weighted by molar-refractivity contribution is 5.69. The van der Waals surface area contributed by atoms with Gasteiger partial charge in [0.2, 0.25) is 0 Å². The fraction of sp³-hybridized carbons (Fsp3) is 0.294. The first-order chi connectivity index (χ1) is 7.98. The topological polar surface area (TPSA) is 0 Å². The van der Waals surface area contributed by atoms with Crippen LogP contribution in [0.15, 0.2) is 48.5 Å². The summed E-state index contributed by atoms with van der Waals surface area (Å²) in [4.78, 5) is 0. The van der Waals surface area contributed by atoms with E-state index in [9.17, 15) is 0 Å². The lowest BCUT2D eigenvalue weighted by Gasteiger charge is -2.23. The summed E-state index contributed by atoms with van der Waals surface area (Å²) in [6, 6.07) is 17.4. The first kappa shape index (κ1) is 11.9. The zero-order valence-electron chi connectivity index (χ0n) is 11.1. The standard InChI is InChI=1S/C17H20/c1-13-10-11-15(14-8-6-5-7-9-14)16(12-13)17(2,3)4/h5-12H,1-4H3. The van der Waals surface area contributed by atoms with Gasteiger partial charge < -0.3 is 0 Å². The maximum absolute atomic E-state index is 2.31. The van der Waals surface area contributed by atoms with Crippen LogP contribution in [-0.4, -0.2) is 0 Å². The molecule has 0 aromatic heterocycles. The fourth-order valence-corrected chi connectivity index (χ4v) is 2.15. The molecular weight excluding hydrogens is 204 g/mol. The van der Waals surface area contributed by atoms with Crippen molar-refractivity contribution >= 4 is 0 Å². The van der Waals surface area contributed by atoms with Gasteiger partial charge in [0.25, 0.3) is 0 Å². The van der Waals surface area contributed by atoms with Gasteiger partial charge in [0.1, 0.15) is 0 Å². The molecule has 0 atom stereocenters. The van der Waals surface area contributed by atoms with E-state index in [4.69, 9.17) is 0 Å². The summed E-state index contributed by atoms with van der Waals surface area (Å²) < 4.78 is 0. The second-order valence-corrected chi connectivity index (χ2v) is 5.67. The Morgan fingerprint density at radius 2 is 1.47 bits per heavy atom. The molecule has 0 aliphatic carbocycles. The normalized spacial score (nSPS) is 11.5. The molecule has 0 nitrogen and oxygen atoms in total. The van der Waals surface area contributed by atoms with Crippen LogP contribution in [0.5, 0.6) is 0 Å². The Balaban J connectivity index is 2.63. The lowest BCUT2D eigenvalue weighted by Crippen LogP contribution is -2.13. The Kier molecular flexibility index (Phi) is 3.06. The highest BCUT2D eigenvalue weighted by atomic mass is 14.2. The second-order valence-electron chi connectivity index (χ2n) is 5.67. The molecule has 88 valence electrons. The molecule has 0 heteroatoms. The quantitative estimate of drug-likeness (QED) is 0.642. The lowest BCUT2D eigenvalue weighted by atomic mass is 9.81. The molecule has 2 aromatic carbocycles. The molecular formula is C17H20. The minimum atomic E-state index is 0.178. The zero-order valence-corrected chi connectivity index (χ0v) is 11.1. The predicted octanol–water partition coefficient (Wildman–Crippen LogP) is 4.96. The molecule has 0 N–H and O–H groups in total. The van der Waals surface area contributed by atoms with E-state index in [1.807, 2.05) is 0 Å². The molecule has 0 bridgehead atoms. The van der Waals surface area contributed by atoms with Crippen LogP contribution in [0.25, 0.3) is 11.1 Å². The van der Waals surface area contributed by atoms with Crippen molar-refractivity contribution in [2.45, 2.75) is 33.1 Å². The van der Waals surface area contributed by atoms with Gasteiger partial charge in [-0.2, -0.15) is 0 Å². The van der Waals surface area contributed by atoms with Gasteiger partial charge in [0, 0.05) is 0 Å². The fourth-order valence-electron chi connectivity index (χ4n) is 2.15. The van der Waals surface area contributed by atoms with Gasteiger partial charge in [0.05, 0.1) is 0 Å². The molecule has 2 rings (SSSR count). The number of hydrogen-bond donors (Lipinski definition) is 0. The minimum absolute atomic E-state index is 0.178. The Bertz CT molecular complexity index is 501. The van der Waals surface area contributed by atoms with Gasteiger partial charge in [0.15, 0.2) is 0 Å². The van der Waals surface area contributed by atoms with Crippen molar-refractivity contribution in [3.8, 4) is 11.1 Å². The van der Waals surface area contributed by atoms with Crippen molar-refractivity contribution in [2.75, 3.05) is 0 Å². The monoisotopic (exact) mass is 224 g/mol. The smallest absolute Gasteiger partial charge is 0.0126 e. The molecule has 0 heterocycles. The number of hydrogen-bond acceptors (Lipinski definition) is 0. The molecule has 2 aromatic rings. The first-order valence-electron chi connectivity index (χ1n) is 6.15. The van der Waals surface area contributed by atoms with Gasteiger partial charge in [-0.1, -0.05) is 74.9 Å². The van der Waals surface area contributed by atoms with Crippen LogP contribution in [0.3, 0.4) is 0 Å². The van der Waals surface area contributed by atoms with Gasteiger partial charge in [-0.3, -0.25) is 0 Å². The number of benzene rings is 2. The van der Waals surface area contributed by atoms with E-state index in [1.54, 1.807) is 0 Å². The van der Waals surface area contributed by atoms with Gasteiger partial charge in [-0.25, -0.2) is 0 Å². The minimum Gasteiger partial charge on any atom is -0.0622 e. The highest BCUT2D eigenvalue weighted by Crippen LogP contribution is 2.33. The summed E-state index contributed by atoms with van der Waals surface area (Å²) in [5.41, 5.74) is 5.58. The molecule has 0 radical (unpaired) electrons. The molecule has 0 fully saturated rings. The van der Waals surface area contributed by atoms with Crippen LogP contribution in [-0.2, 0) is 5.41 Å². The molecule has 0 saturated heterocycles. The Morgan fingerprint density at radius 1 is 0.824 bits per heavy atom. The Hall–Kier alpha value is -1.56. The summed E-state index contributed by atoms with van der Waals surface area (Å²) >= 11 is 0. The Labute approximate surface area is 104 Å². The second kappa shape index (κ2) is 4.37. The number of rotatable bonds is 1. The van der Waals surface area contributed by atoms with E-state index in [0.29, 0.717) is 0 Å². The van der Waals surface area contributed by atoms with Crippen molar-refractivity contribution in [3.05, 3.63) is 59.7 Å². The van der Waals surface area contributed by atoms with Crippen LogP contribution < -0.4 is 0 Å². The summed E-state index contributed by atoms with van der Waals surface area (Å²) in [7, 11) is 0. The third-order valence-electron chi connectivity index (χ3n) is 3.07. The van der Waals surface area contributed by atoms with E-state index >= 15 is 0 Å². The third-order valence-corrected chi connectivity index (χ3v) is 3.07. The maximum atomic E-state index is 2.31. The zero-order chi connectivity index (χ0) is 12.5. The Morgan fingerprint density at radius 3 is 2.06 bits per heavy atom. The van der Waals surface area contributed by atoms with Crippen LogP contribution in [0.2, 0.25) is 0 Å². The molecule has 0 saturated carbocycles. The van der Waals surface area contributed by atoms with E-state index in [1.165, 1.54) is 22.3 Å². The van der Waals surface area contributed by atoms with Crippen LogP contribution >= 0.6 is 0 Å². The SMILES string of the molecule is Cc1ccc(-c2ccccc2)c(C(C)(C)C)c1. The van der Waals surface area contributed by atoms with Crippen molar-refractivity contribution in [1.29, 1.82) is 0 Å². The summed E-state index contributed by atoms with van der Waals surface area (Å²) in [5.74, 6) is 0. The van der Waals surface area contributed by atoms with Crippen molar-refractivity contribution in [3.63, 3.8) is 0 Å².